The Hall–Kier alpha value is -1.14. The van der Waals surface area contributed by atoms with E-state index in [9.17, 15) is 4.79 Å². The molecule has 1 unspecified atom stereocenters. The fourth-order valence-corrected chi connectivity index (χ4v) is 2.52. The van der Waals surface area contributed by atoms with Gasteiger partial charge in [0, 0.05) is 6.54 Å². The maximum Gasteiger partial charge on any atom is 0.273 e. The van der Waals surface area contributed by atoms with Gasteiger partial charge in [-0.25, -0.2) is 4.68 Å². The molecule has 0 radical (unpaired) electrons. The van der Waals surface area contributed by atoms with Crippen LogP contribution in [0.3, 0.4) is 0 Å². The van der Waals surface area contributed by atoms with Crippen molar-refractivity contribution in [2.45, 2.75) is 46.6 Å². The third kappa shape index (κ3) is 4.43. The zero-order valence-corrected chi connectivity index (χ0v) is 14.7. The molecule has 7 heteroatoms. The first kappa shape index (κ1) is 18.9. The van der Waals surface area contributed by atoms with Gasteiger partial charge < -0.3 is 10.6 Å². The third-order valence-electron chi connectivity index (χ3n) is 4.52. The molecule has 1 amide bonds. The van der Waals surface area contributed by atoms with Crippen molar-refractivity contribution in [3.05, 3.63) is 11.4 Å². The van der Waals surface area contributed by atoms with Crippen LogP contribution in [0, 0.1) is 18.8 Å². The van der Waals surface area contributed by atoms with E-state index in [2.05, 4.69) is 41.7 Å². The summed E-state index contributed by atoms with van der Waals surface area (Å²) in [5, 5.41) is 14.6. The van der Waals surface area contributed by atoms with Gasteiger partial charge in [0.2, 0.25) is 0 Å². The van der Waals surface area contributed by atoms with Gasteiger partial charge in [-0.2, -0.15) is 0 Å². The van der Waals surface area contributed by atoms with Gasteiger partial charge in [-0.15, -0.1) is 17.5 Å². The number of aromatic nitrogens is 3. The third-order valence-corrected chi connectivity index (χ3v) is 4.52. The van der Waals surface area contributed by atoms with Crippen LogP contribution in [0.2, 0.25) is 0 Å². The molecule has 1 aliphatic heterocycles. The monoisotopic (exact) mass is 329 g/mol. The predicted octanol–water partition coefficient (Wildman–Crippen LogP) is 1.95. The molecule has 0 saturated carbocycles. The second-order valence-corrected chi connectivity index (χ2v) is 6.38. The topological polar surface area (TPSA) is 71.8 Å². The average molecular weight is 330 g/mol. The van der Waals surface area contributed by atoms with Crippen molar-refractivity contribution in [1.29, 1.82) is 0 Å². The lowest BCUT2D eigenvalue weighted by Gasteiger charge is -2.23. The normalized spacial score (nSPS) is 17.1. The largest absolute Gasteiger partial charge is 0.350 e. The van der Waals surface area contributed by atoms with E-state index in [0.29, 0.717) is 30.1 Å². The number of carbonyl (C=O) groups is 1. The minimum Gasteiger partial charge on any atom is -0.350 e. The van der Waals surface area contributed by atoms with Crippen molar-refractivity contribution < 1.29 is 4.79 Å². The van der Waals surface area contributed by atoms with E-state index in [1.165, 1.54) is 0 Å². The molecule has 0 bridgehead atoms. The number of halogens is 1. The summed E-state index contributed by atoms with van der Waals surface area (Å²) in [4.78, 5) is 12.2. The fourth-order valence-electron chi connectivity index (χ4n) is 2.52. The number of carbonyl (C=O) groups excluding carboxylic acids is 1. The van der Waals surface area contributed by atoms with E-state index < -0.39 is 0 Å². The van der Waals surface area contributed by atoms with Crippen LogP contribution in [0.4, 0.5) is 0 Å². The van der Waals surface area contributed by atoms with Crippen LogP contribution in [0.25, 0.3) is 0 Å². The van der Waals surface area contributed by atoms with Gasteiger partial charge in [0.05, 0.1) is 11.7 Å². The van der Waals surface area contributed by atoms with Gasteiger partial charge in [0.1, 0.15) is 0 Å². The molecular weight excluding hydrogens is 302 g/mol. The molecule has 6 nitrogen and oxygen atoms in total. The Balaban J connectivity index is 0.00000242. The van der Waals surface area contributed by atoms with Gasteiger partial charge in [-0.05, 0) is 44.7 Å². The number of hydrogen-bond donors (Lipinski definition) is 2. The van der Waals surface area contributed by atoms with E-state index >= 15 is 0 Å². The molecule has 1 aromatic rings. The van der Waals surface area contributed by atoms with Crippen LogP contribution in [-0.4, -0.2) is 40.5 Å². The number of hydrogen-bond acceptors (Lipinski definition) is 4. The lowest BCUT2D eigenvalue weighted by Crippen LogP contribution is -2.31. The maximum absolute atomic E-state index is 12.2. The highest BCUT2D eigenvalue weighted by Crippen LogP contribution is 2.20. The number of rotatable bonds is 5. The summed E-state index contributed by atoms with van der Waals surface area (Å²) in [5.41, 5.74) is 1.33. The first-order valence-electron chi connectivity index (χ1n) is 7.91. The maximum atomic E-state index is 12.2. The van der Waals surface area contributed by atoms with Crippen LogP contribution in [-0.2, 0) is 0 Å². The second kappa shape index (κ2) is 8.48. The Kier molecular flexibility index (Phi) is 7.29. The number of nitrogens with zero attached hydrogens (tertiary/aromatic N) is 3. The Bertz CT molecular complexity index is 482. The standard InChI is InChI=1S/C15H27N5O.ClH/c1-10(2)11(3)9-17-15(21)14-12(4)20(19-18-14)13-5-7-16-8-6-13;/h10-11,13,16H,5-9H2,1-4H3,(H,17,21);1H. The molecule has 0 spiro atoms. The van der Waals surface area contributed by atoms with E-state index in [1.807, 2.05) is 11.6 Å². The summed E-state index contributed by atoms with van der Waals surface area (Å²) in [5.74, 6) is 0.894. The van der Waals surface area contributed by atoms with Crippen LogP contribution in [0.1, 0.15) is 55.8 Å². The quantitative estimate of drug-likeness (QED) is 0.866. The van der Waals surface area contributed by atoms with Crippen molar-refractivity contribution in [2.24, 2.45) is 11.8 Å². The Morgan fingerprint density at radius 2 is 2.00 bits per heavy atom. The summed E-state index contributed by atoms with van der Waals surface area (Å²) in [6.07, 6.45) is 2.07. The van der Waals surface area contributed by atoms with Crippen molar-refractivity contribution in [2.75, 3.05) is 19.6 Å². The highest BCUT2D eigenvalue weighted by Gasteiger charge is 2.23. The summed E-state index contributed by atoms with van der Waals surface area (Å²) >= 11 is 0. The highest BCUT2D eigenvalue weighted by atomic mass is 35.5. The molecule has 1 aliphatic rings. The molecule has 0 aliphatic carbocycles. The van der Waals surface area contributed by atoms with Gasteiger partial charge in [-0.3, -0.25) is 4.79 Å². The van der Waals surface area contributed by atoms with Crippen molar-refractivity contribution in [3.8, 4) is 0 Å². The van der Waals surface area contributed by atoms with Crippen LogP contribution >= 0.6 is 12.4 Å². The fraction of sp³-hybridized carbons (Fsp3) is 0.800. The molecule has 1 saturated heterocycles. The van der Waals surface area contributed by atoms with E-state index in [1.54, 1.807) is 0 Å². The summed E-state index contributed by atoms with van der Waals surface area (Å²) in [7, 11) is 0. The highest BCUT2D eigenvalue weighted by molar-refractivity contribution is 5.93. The van der Waals surface area contributed by atoms with E-state index in [4.69, 9.17) is 0 Å². The minimum absolute atomic E-state index is 0. The zero-order chi connectivity index (χ0) is 15.4. The van der Waals surface area contributed by atoms with Crippen LogP contribution in [0.5, 0.6) is 0 Å². The molecule has 22 heavy (non-hydrogen) atoms. The molecule has 1 atom stereocenters. The first-order valence-corrected chi connectivity index (χ1v) is 7.91. The molecule has 1 aromatic heterocycles. The Labute approximate surface area is 138 Å². The van der Waals surface area contributed by atoms with Gasteiger partial charge in [0.15, 0.2) is 5.69 Å². The van der Waals surface area contributed by atoms with E-state index in [-0.39, 0.29) is 18.3 Å². The van der Waals surface area contributed by atoms with Crippen molar-refractivity contribution in [3.63, 3.8) is 0 Å². The Morgan fingerprint density at radius 1 is 1.36 bits per heavy atom. The lowest BCUT2D eigenvalue weighted by molar-refractivity contribution is 0.0939. The van der Waals surface area contributed by atoms with Gasteiger partial charge in [-0.1, -0.05) is 26.0 Å². The van der Waals surface area contributed by atoms with E-state index in [0.717, 1.165) is 31.6 Å². The second-order valence-electron chi connectivity index (χ2n) is 6.38. The minimum atomic E-state index is -0.111. The molecule has 2 N–H and O–H groups in total. The summed E-state index contributed by atoms with van der Waals surface area (Å²) < 4.78 is 1.92. The molecular formula is C15H28ClN5O. The van der Waals surface area contributed by atoms with Crippen molar-refractivity contribution >= 4 is 18.3 Å². The number of nitrogens with one attached hydrogen (secondary N) is 2. The van der Waals surface area contributed by atoms with Crippen molar-refractivity contribution in [1.82, 2.24) is 25.6 Å². The smallest absolute Gasteiger partial charge is 0.273 e. The number of piperidine rings is 1. The van der Waals surface area contributed by atoms with Gasteiger partial charge in [0.25, 0.3) is 5.91 Å². The molecule has 1 fully saturated rings. The molecule has 2 heterocycles. The summed E-state index contributed by atoms with van der Waals surface area (Å²) in [6, 6.07) is 0.356. The first-order chi connectivity index (χ1) is 10.0. The van der Waals surface area contributed by atoms with Crippen LogP contribution in [0.15, 0.2) is 0 Å². The lowest BCUT2D eigenvalue weighted by atomic mass is 9.98. The molecule has 126 valence electrons. The Morgan fingerprint density at radius 3 is 2.59 bits per heavy atom. The average Bonchev–Trinajstić information content (AvgIpc) is 2.87. The summed E-state index contributed by atoms with van der Waals surface area (Å²) in [6.45, 7) is 11.1. The molecule has 2 rings (SSSR count). The zero-order valence-electron chi connectivity index (χ0n) is 13.9. The molecule has 0 aromatic carbocycles. The number of amides is 1. The SMILES string of the molecule is Cc1c(C(=O)NCC(C)C(C)C)nnn1C1CCNCC1.Cl. The predicted molar refractivity (Wildman–Crippen MR) is 89.5 cm³/mol. The van der Waals surface area contributed by atoms with Crippen LogP contribution < -0.4 is 10.6 Å². The van der Waals surface area contributed by atoms with Gasteiger partial charge >= 0.3 is 0 Å².